The Bertz CT molecular complexity index is 1060. The second kappa shape index (κ2) is 11.4. The summed E-state index contributed by atoms with van der Waals surface area (Å²) in [6, 6.07) is 6.91. The number of hydrogen-bond donors (Lipinski definition) is 4. The number of hydrogen-bond acceptors (Lipinski definition) is 5. The Labute approximate surface area is 207 Å². The Hall–Kier alpha value is -2.97. The van der Waals surface area contributed by atoms with Crippen molar-refractivity contribution in [3.8, 4) is 17.2 Å². The van der Waals surface area contributed by atoms with Crippen LogP contribution in [0, 0.1) is 5.92 Å². The molecular formula is C24H26Cl2N2O6. The third kappa shape index (κ3) is 6.77. The molecule has 1 atom stereocenters. The van der Waals surface area contributed by atoms with Crippen molar-refractivity contribution in [2.45, 2.75) is 51.5 Å². The Morgan fingerprint density at radius 3 is 2.35 bits per heavy atom. The average molecular weight is 509 g/mol. The standard InChI is InChI=1S/C24H26Cl2N2O6/c1-13(14-5-3-2-4-6-14)27-24(33)17-11-16(7-8-20(17)29)34-23-18(25)9-15(10-19(23)26)28-21(30)12-22(31)32/h7-11,13-14,29H,2-6,12H2,1H3,(H,27,33)(H,28,30)(H,31,32)/t13-/m0/s1. The summed E-state index contributed by atoms with van der Waals surface area (Å²) in [6.07, 6.45) is 4.97. The van der Waals surface area contributed by atoms with Gasteiger partial charge in [0.1, 0.15) is 17.9 Å². The summed E-state index contributed by atoms with van der Waals surface area (Å²) in [5.74, 6) is -1.89. The fourth-order valence-electron chi connectivity index (χ4n) is 3.99. The van der Waals surface area contributed by atoms with Gasteiger partial charge in [-0.2, -0.15) is 0 Å². The number of halogens is 2. The van der Waals surface area contributed by atoms with Gasteiger partial charge in [0.05, 0.1) is 15.6 Å². The number of rotatable bonds is 8. The van der Waals surface area contributed by atoms with Crippen LogP contribution in [0.1, 0.15) is 55.8 Å². The van der Waals surface area contributed by atoms with Gasteiger partial charge in [-0.15, -0.1) is 0 Å². The first-order valence-corrected chi connectivity index (χ1v) is 11.7. The number of carboxylic acids is 1. The molecular weight excluding hydrogens is 483 g/mol. The van der Waals surface area contributed by atoms with Crippen molar-refractivity contribution in [2.75, 3.05) is 5.32 Å². The molecule has 3 rings (SSSR count). The minimum Gasteiger partial charge on any atom is -0.507 e. The third-order valence-corrected chi connectivity index (χ3v) is 6.30. The molecule has 0 spiro atoms. The maximum absolute atomic E-state index is 12.8. The molecule has 1 aliphatic carbocycles. The van der Waals surface area contributed by atoms with E-state index in [0.29, 0.717) is 5.92 Å². The molecule has 0 aliphatic heterocycles. The van der Waals surface area contributed by atoms with Crippen molar-refractivity contribution in [1.29, 1.82) is 0 Å². The molecule has 2 aromatic carbocycles. The van der Waals surface area contributed by atoms with Gasteiger partial charge < -0.3 is 25.6 Å². The minimum absolute atomic E-state index is 0.0236. The van der Waals surface area contributed by atoms with Crippen LogP contribution in [0.5, 0.6) is 17.2 Å². The lowest BCUT2D eigenvalue weighted by molar-refractivity contribution is -0.139. The molecule has 0 bridgehead atoms. The van der Waals surface area contributed by atoms with E-state index in [-0.39, 0.29) is 44.6 Å². The molecule has 0 unspecified atom stereocenters. The number of carbonyl (C=O) groups is 3. The number of nitrogens with one attached hydrogen (secondary N) is 2. The largest absolute Gasteiger partial charge is 0.507 e. The van der Waals surface area contributed by atoms with E-state index >= 15 is 0 Å². The Balaban J connectivity index is 1.73. The van der Waals surface area contributed by atoms with Gasteiger partial charge in [-0.1, -0.05) is 42.5 Å². The molecule has 0 aromatic heterocycles. The maximum atomic E-state index is 12.8. The smallest absolute Gasteiger partial charge is 0.312 e. The summed E-state index contributed by atoms with van der Waals surface area (Å²) >= 11 is 12.5. The molecule has 182 valence electrons. The monoisotopic (exact) mass is 508 g/mol. The predicted molar refractivity (Wildman–Crippen MR) is 129 cm³/mol. The van der Waals surface area contributed by atoms with Crippen LogP contribution in [0.4, 0.5) is 5.69 Å². The van der Waals surface area contributed by atoms with Crippen LogP contribution in [0.2, 0.25) is 10.0 Å². The molecule has 1 saturated carbocycles. The van der Waals surface area contributed by atoms with Crippen LogP contribution in [0.3, 0.4) is 0 Å². The third-order valence-electron chi connectivity index (χ3n) is 5.74. The van der Waals surface area contributed by atoms with Crippen molar-refractivity contribution in [3.05, 3.63) is 45.9 Å². The molecule has 0 heterocycles. The van der Waals surface area contributed by atoms with Crippen LogP contribution in [-0.2, 0) is 9.59 Å². The highest BCUT2D eigenvalue weighted by Gasteiger charge is 2.23. The van der Waals surface area contributed by atoms with Gasteiger partial charge in [0.15, 0.2) is 5.75 Å². The number of amides is 2. The summed E-state index contributed by atoms with van der Waals surface area (Å²) in [6.45, 7) is 1.97. The van der Waals surface area contributed by atoms with Gasteiger partial charge in [0.2, 0.25) is 5.91 Å². The van der Waals surface area contributed by atoms with Crippen molar-refractivity contribution >= 4 is 46.7 Å². The summed E-state index contributed by atoms with van der Waals surface area (Å²) < 4.78 is 5.77. The summed E-state index contributed by atoms with van der Waals surface area (Å²) in [5, 5.41) is 24.4. The first-order chi connectivity index (χ1) is 16.1. The number of benzene rings is 2. The molecule has 2 aromatic rings. The zero-order valence-electron chi connectivity index (χ0n) is 18.6. The van der Waals surface area contributed by atoms with Crippen LogP contribution in [0.15, 0.2) is 30.3 Å². The number of aliphatic carboxylic acids is 1. The molecule has 34 heavy (non-hydrogen) atoms. The number of carboxylic acid groups (broad SMARTS) is 1. The van der Waals surface area contributed by atoms with Crippen molar-refractivity contribution in [3.63, 3.8) is 0 Å². The van der Waals surface area contributed by atoms with Gasteiger partial charge in [0, 0.05) is 11.7 Å². The second-order valence-electron chi connectivity index (χ2n) is 8.33. The van der Waals surface area contributed by atoms with Gasteiger partial charge in [0.25, 0.3) is 5.91 Å². The summed E-state index contributed by atoms with van der Waals surface area (Å²) in [7, 11) is 0. The fourth-order valence-corrected chi connectivity index (χ4v) is 4.55. The van der Waals surface area contributed by atoms with Gasteiger partial charge >= 0.3 is 5.97 Å². The van der Waals surface area contributed by atoms with E-state index in [1.165, 1.54) is 36.8 Å². The second-order valence-corrected chi connectivity index (χ2v) is 9.14. The van der Waals surface area contributed by atoms with Crippen molar-refractivity contribution < 1.29 is 29.3 Å². The SMILES string of the molecule is C[C@H](NC(=O)c1cc(Oc2c(Cl)cc(NC(=O)CC(=O)O)cc2Cl)ccc1O)C1CCCCC1. The number of anilines is 1. The zero-order chi connectivity index (χ0) is 24.8. The van der Waals surface area contributed by atoms with Crippen molar-refractivity contribution in [2.24, 2.45) is 5.92 Å². The molecule has 0 radical (unpaired) electrons. The van der Waals surface area contributed by atoms with E-state index in [0.717, 1.165) is 25.7 Å². The first-order valence-electron chi connectivity index (χ1n) is 11.0. The molecule has 1 aliphatic rings. The normalized spacial score (nSPS) is 14.8. The van der Waals surface area contributed by atoms with E-state index in [1.54, 1.807) is 0 Å². The topological polar surface area (TPSA) is 125 Å². The van der Waals surface area contributed by atoms with Crippen LogP contribution >= 0.6 is 23.2 Å². The van der Waals surface area contributed by atoms with Gasteiger partial charge in [-0.3, -0.25) is 14.4 Å². The molecule has 10 heteroatoms. The van der Waals surface area contributed by atoms with Gasteiger partial charge in [-0.25, -0.2) is 0 Å². The fraction of sp³-hybridized carbons (Fsp3) is 0.375. The minimum atomic E-state index is -1.27. The van der Waals surface area contributed by atoms with E-state index in [4.69, 9.17) is 33.0 Å². The highest BCUT2D eigenvalue weighted by Crippen LogP contribution is 2.39. The Kier molecular flexibility index (Phi) is 8.63. The Morgan fingerprint density at radius 2 is 1.74 bits per heavy atom. The molecule has 8 nitrogen and oxygen atoms in total. The molecule has 2 amide bonds. The molecule has 0 saturated heterocycles. The number of phenols is 1. The molecule has 1 fully saturated rings. The number of aromatic hydroxyl groups is 1. The lowest BCUT2D eigenvalue weighted by atomic mass is 9.84. The zero-order valence-corrected chi connectivity index (χ0v) is 20.1. The predicted octanol–water partition coefficient (Wildman–Crippen LogP) is 5.60. The lowest BCUT2D eigenvalue weighted by Crippen LogP contribution is -2.38. The average Bonchev–Trinajstić information content (AvgIpc) is 2.77. The van der Waals surface area contributed by atoms with E-state index in [2.05, 4.69) is 10.6 Å². The highest BCUT2D eigenvalue weighted by molar-refractivity contribution is 6.37. The summed E-state index contributed by atoms with van der Waals surface area (Å²) in [5.41, 5.74) is 0.265. The van der Waals surface area contributed by atoms with Gasteiger partial charge in [-0.05, 0) is 56.0 Å². The number of ether oxygens (including phenoxy) is 1. The number of carbonyl (C=O) groups excluding carboxylic acids is 2. The maximum Gasteiger partial charge on any atom is 0.312 e. The van der Waals surface area contributed by atoms with Crippen molar-refractivity contribution in [1.82, 2.24) is 5.32 Å². The summed E-state index contributed by atoms with van der Waals surface area (Å²) in [4.78, 5) is 35.1. The first kappa shape index (κ1) is 25.6. The van der Waals surface area contributed by atoms with E-state index in [1.807, 2.05) is 6.92 Å². The quantitative estimate of drug-likeness (QED) is 0.343. The van der Waals surface area contributed by atoms with Crippen LogP contribution < -0.4 is 15.4 Å². The van der Waals surface area contributed by atoms with Crippen LogP contribution in [-0.4, -0.2) is 34.0 Å². The number of phenolic OH excluding ortho intramolecular Hbond substituents is 1. The lowest BCUT2D eigenvalue weighted by Gasteiger charge is -2.28. The van der Waals surface area contributed by atoms with E-state index < -0.39 is 24.2 Å². The highest BCUT2D eigenvalue weighted by atomic mass is 35.5. The van der Waals surface area contributed by atoms with E-state index in [9.17, 15) is 19.5 Å². The molecule has 4 N–H and O–H groups in total. The Morgan fingerprint density at radius 1 is 1.09 bits per heavy atom. The van der Waals surface area contributed by atoms with Crippen LogP contribution in [0.25, 0.3) is 0 Å².